The average Bonchev–Trinajstić information content (AvgIpc) is 2.69. The van der Waals surface area contributed by atoms with Crippen LogP contribution >= 0.6 is 11.8 Å². The number of halogens is 3. The van der Waals surface area contributed by atoms with E-state index in [4.69, 9.17) is 14.6 Å². The van der Waals surface area contributed by atoms with Crippen LogP contribution in [-0.4, -0.2) is 47.5 Å². The largest absolute Gasteiger partial charge is 0.481 e. The predicted octanol–water partition coefficient (Wildman–Crippen LogP) is 3.81. The van der Waals surface area contributed by atoms with Crippen LogP contribution in [0.4, 0.5) is 13.2 Å². The van der Waals surface area contributed by atoms with Gasteiger partial charge >= 0.3 is 5.51 Å². The summed E-state index contributed by atoms with van der Waals surface area (Å²) in [6.07, 6.45) is -0.523. The predicted molar refractivity (Wildman–Crippen MR) is 108 cm³/mol. The fraction of sp³-hybridized carbons (Fsp3) is 0.381. The Bertz CT molecular complexity index is 809. The van der Waals surface area contributed by atoms with Gasteiger partial charge < -0.3 is 20.3 Å². The minimum Gasteiger partial charge on any atom is -0.481 e. The zero-order chi connectivity index (χ0) is 22.2. The lowest BCUT2D eigenvalue weighted by Crippen LogP contribution is -2.52. The van der Waals surface area contributed by atoms with Gasteiger partial charge in [-0.25, -0.2) is 0 Å². The minimum absolute atomic E-state index is 0.0304. The molecule has 2 aromatic rings. The van der Waals surface area contributed by atoms with Gasteiger partial charge in [0, 0.05) is 31.3 Å². The zero-order valence-corrected chi connectivity index (χ0v) is 17.2. The Kier molecular flexibility index (Phi) is 8.72. The number of thioether (sulfide) groups is 1. The summed E-state index contributed by atoms with van der Waals surface area (Å²) in [6, 6.07) is 15.3. The van der Waals surface area contributed by atoms with Gasteiger partial charge in [0.25, 0.3) is 5.97 Å². The van der Waals surface area contributed by atoms with E-state index in [1.54, 1.807) is 42.5 Å². The molecule has 2 aromatic carbocycles. The average molecular weight is 443 g/mol. The van der Waals surface area contributed by atoms with E-state index < -0.39 is 23.2 Å². The van der Waals surface area contributed by atoms with Gasteiger partial charge in [-0.2, -0.15) is 13.2 Å². The van der Waals surface area contributed by atoms with E-state index in [1.165, 1.54) is 6.07 Å². The van der Waals surface area contributed by atoms with Crippen LogP contribution in [0.1, 0.15) is 18.1 Å². The second kappa shape index (κ2) is 10.8. The summed E-state index contributed by atoms with van der Waals surface area (Å²) >= 11 is -0.158. The van der Waals surface area contributed by atoms with Crippen LogP contribution in [0, 0.1) is 0 Å². The molecular weight excluding hydrogens is 419 g/mol. The number of rotatable bonds is 5. The Balaban J connectivity index is 0.000000735. The van der Waals surface area contributed by atoms with E-state index in [2.05, 4.69) is 5.32 Å². The molecule has 1 aliphatic heterocycles. The highest BCUT2D eigenvalue weighted by Gasteiger charge is 2.41. The van der Waals surface area contributed by atoms with Gasteiger partial charge in [-0.3, -0.25) is 4.79 Å². The van der Waals surface area contributed by atoms with Crippen molar-refractivity contribution in [2.24, 2.45) is 0 Å². The lowest BCUT2D eigenvalue weighted by atomic mass is 9.82. The molecule has 0 amide bonds. The highest BCUT2D eigenvalue weighted by molar-refractivity contribution is 8.00. The number of morpholine rings is 1. The zero-order valence-electron chi connectivity index (χ0n) is 16.4. The molecule has 2 atom stereocenters. The number of hydrogen-bond donors (Lipinski definition) is 3. The number of carboxylic acid groups (broad SMARTS) is 1. The third-order valence-electron chi connectivity index (χ3n) is 4.39. The van der Waals surface area contributed by atoms with E-state index >= 15 is 0 Å². The SMILES string of the molecule is CC(=O)O.O[C@](Cc1ccccc1SC(F)(F)F)(c1ccccc1)[C@H]1CNCCO1. The molecule has 1 heterocycles. The summed E-state index contributed by atoms with van der Waals surface area (Å²) in [6.45, 7) is 2.64. The van der Waals surface area contributed by atoms with Gasteiger partial charge in [-0.1, -0.05) is 48.5 Å². The Labute approximate surface area is 177 Å². The molecule has 0 spiro atoms. The summed E-state index contributed by atoms with van der Waals surface area (Å²) in [7, 11) is 0. The third-order valence-corrected chi connectivity index (χ3v) is 5.24. The molecule has 1 aliphatic rings. The van der Waals surface area contributed by atoms with Crippen LogP contribution in [0.5, 0.6) is 0 Å². The van der Waals surface area contributed by atoms with Gasteiger partial charge in [0.15, 0.2) is 0 Å². The smallest absolute Gasteiger partial charge is 0.446 e. The van der Waals surface area contributed by atoms with E-state index in [0.29, 0.717) is 30.8 Å². The van der Waals surface area contributed by atoms with Crippen molar-refractivity contribution in [3.05, 3.63) is 65.7 Å². The maximum atomic E-state index is 12.9. The molecule has 3 N–H and O–H groups in total. The topological polar surface area (TPSA) is 78.8 Å². The quantitative estimate of drug-likeness (QED) is 0.610. The number of carbonyl (C=O) groups is 1. The first-order chi connectivity index (χ1) is 14.1. The van der Waals surface area contributed by atoms with E-state index in [1.807, 2.05) is 6.07 Å². The Hall–Kier alpha value is -2.07. The lowest BCUT2D eigenvalue weighted by molar-refractivity contribution is -0.134. The highest BCUT2D eigenvalue weighted by Crippen LogP contribution is 2.41. The van der Waals surface area contributed by atoms with Crippen LogP contribution in [0.25, 0.3) is 0 Å². The summed E-state index contributed by atoms with van der Waals surface area (Å²) in [5, 5.41) is 22.1. The molecule has 1 saturated heterocycles. The van der Waals surface area contributed by atoms with Gasteiger partial charge in [0.2, 0.25) is 0 Å². The summed E-state index contributed by atoms with van der Waals surface area (Å²) in [4.78, 5) is 9.10. The molecule has 1 fully saturated rings. The normalized spacial score (nSPS) is 18.6. The molecule has 0 unspecified atom stereocenters. The molecule has 5 nitrogen and oxygen atoms in total. The number of benzene rings is 2. The number of alkyl halides is 3. The lowest BCUT2D eigenvalue weighted by Gasteiger charge is -2.39. The van der Waals surface area contributed by atoms with Crippen molar-refractivity contribution in [3.8, 4) is 0 Å². The van der Waals surface area contributed by atoms with E-state index in [9.17, 15) is 18.3 Å². The van der Waals surface area contributed by atoms with Gasteiger partial charge in [0.1, 0.15) is 11.7 Å². The van der Waals surface area contributed by atoms with Crippen LogP contribution in [0.15, 0.2) is 59.5 Å². The molecule has 30 heavy (non-hydrogen) atoms. The van der Waals surface area contributed by atoms with Crippen molar-refractivity contribution in [2.45, 2.75) is 35.5 Å². The van der Waals surface area contributed by atoms with E-state index in [-0.39, 0.29) is 23.1 Å². The maximum Gasteiger partial charge on any atom is 0.446 e. The highest BCUT2D eigenvalue weighted by atomic mass is 32.2. The number of hydrogen-bond acceptors (Lipinski definition) is 5. The monoisotopic (exact) mass is 443 g/mol. The number of aliphatic hydroxyl groups is 1. The van der Waals surface area contributed by atoms with Crippen LogP contribution < -0.4 is 5.32 Å². The van der Waals surface area contributed by atoms with Gasteiger partial charge in [-0.05, 0) is 29.0 Å². The molecule has 0 saturated carbocycles. The van der Waals surface area contributed by atoms with Crippen LogP contribution in [0.2, 0.25) is 0 Å². The fourth-order valence-electron chi connectivity index (χ4n) is 3.17. The third kappa shape index (κ3) is 7.32. The fourth-order valence-corrected chi connectivity index (χ4v) is 3.83. The second-order valence-corrected chi connectivity index (χ2v) is 7.81. The number of ether oxygens (including phenoxy) is 1. The number of carboxylic acids is 1. The van der Waals surface area contributed by atoms with Crippen molar-refractivity contribution in [1.29, 1.82) is 0 Å². The van der Waals surface area contributed by atoms with Crippen molar-refractivity contribution < 1.29 is 32.9 Å². The van der Waals surface area contributed by atoms with Crippen molar-refractivity contribution in [1.82, 2.24) is 5.32 Å². The van der Waals surface area contributed by atoms with Crippen molar-refractivity contribution in [2.75, 3.05) is 19.7 Å². The number of nitrogens with one attached hydrogen (secondary N) is 1. The summed E-state index contributed by atoms with van der Waals surface area (Å²) in [5.41, 5.74) is -4.75. The first-order valence-corrected chi connectivity index (χ1v) is 10.1. The molecule has 164 valence electrons. The second-order valence-electron chi connectivity index (χ2n) is 6.71. The Morgan fingerprint density at radius 3 is 2.33 bits per heavy atom. The molecule has 9 heteroatoms. The Morgan fingerprint density at radius 1 is 1.17 bits per heavy atom. The summed E-state index contributed by atoms with van der Waals surface area (Å²) < 4.78 is 44.5. The Morgan fingerprint density at radius 2 is 1.77 bits per heavy atom. The first kappa shape index (κ1) is 24.2. The molecule has 0 aromatic heterocycles. The standard InChI is InChI=1S/C19H20F3NO2S.C2H4O2/c20-19(21,22)26-16-9-5-4-6-14(16)12-18(24,15-7-2-1-3-8-15)17-13-23-10-11-25-17;1-2(3)4/h1-9,17,23-24H,10-13H2;1H3,(H,3,4)/t17-,18-;/m1./s1. The molecular formula is C21H24F3NO4S. The molecule has 0 aliphatic carbocycles. The summed E-state index contributed by atoms with van der Waals surface area (Å²) in [5.74, 6) is -0.833. The maximum absolute atomic E-state index is 12.9. The molecule has 0 bridgehead atoms. The number of aliphatic carboxylic acids is 1. The van der Waals surface area contributed by atoms with Crippen molar-refractivity contribution >= 4 is 17.7 Å². The molecule has 0 radical (unpaired) electrons. The van der Waals surface area contributed by atoms with Gasteiger partial charge in [-0.15, -0.1) is 0 Å². The first-order valence-electron chi connectivity index (χ1n) is 9.25. The van der Waals surface area contributed by atoms with Crippen LogP contribution in [-0.2, 0) is 21.6 Å². The van der Waals surface area contributed by atoms with Crippen LogP contribution in [0.3, 0.4) is 0 Å². The van der Waals surface area contributed by atoms with Gasteiger partial charge in [0.05, 0.1) is 6.61 Å². The molecule has 3 rings (SSSR count). The van der Waals surface area contributed by atoms with Crippen molar-refractivity contribution in [3.63, 3.8) is 0 Å². The van der Waals surface area contributed by atoms with E-state index in [0.717, 1.165) is 6.92 Å². The minimum atomic E-state index is -4.39.